The second-order valence-corrected chi connectivity index (χ2v) is 6.90. The molecule has 0 bridgehead atoms. The molecule has 2 heterocycles. The third-order valence-electron chi connectivity index (χ3n) is 4.74. The van der Waals surface area contributed by atoms with Gasteiger partial charge in [0.25, 0.3) is 5.91 Å². The molecule has 0 aliphatic carbocycles. The first kappa shape index (κ1) is 17.2. The van der Waals surface area contributed by atoms with Gasteiger partial charge in [-0.3, -0.25) is 4.79 Å². The number of amides is 1. The van der Waals surface area contributed by atoms with E-state index in [0.717, 1.165) is 42.0 Å². The molecule has 1 aliphatic rings. The summed E-state index contributed by atoms with van der Waals surface area (Å²) < 4.78 is 0. The summed E-state index contributed by atoms with van der Waals surface area (Å²) in [6.07, 6.45) is 2.10. The lowest BCUT2D eigenvalue weighted by Crippen LogP contribution is -2.27. The molecule has 0 unspecified atom stereocenters. The van der Waals surface area contributed by atoms with E-state index in [4.69, 9.17) is 0 Å². The van der Waals surface area contributed by atoms with Crippen LogP contribution in [0.5, 0.6) is 0 Å². The summed E-state index contributed by atoms with van der Waals surface area (Å²) >= 11 is 0. The molecular formula is C22H22N4O. The molecule has 0 radical (unpaired) electrons. The van der Waals surface area contributed by atoms with Crippen molar-refractivity contribution in [2.24, 2.45) is 0 Å². The molecule has 1 N–H and O–H groups in total. The van der Waals surface area contributed by atoms with Crippen LogP contribution in [-0.2, 0) is 6.42 Å². The smallest absolute Gasteiger partial charge is 0.274 e. The van der Waals surface area contributed by atoms with Crippen LogP contribution < -0.4 is 10.2 Å². The van der Waals surface area contributed by atoms with E-state index in [-0.39, 0.29) is 5.91 Å². The van der Waals surface area contributed by atoms with Crippen molar-refractivity contribution < 1.29 is 4.79 Å². The fraction of sp³-hybridized carbons (Fsp3) is 0.227. The highest BCUT2D eigenvalue weighted by Crippen LogP contribution is 2.31. The third-order valence-corrected chi connectivity index (χ3v) is 4.74. The summed E-state index contributed by atoms with van der Waals surface area (Å²) in [7, 11) is 0. The Bertz CT molecular complexity index is 982. The maximum absolute atomic E-state index is 12.7. The first-order valence-corrected chi connectivity index (χ1v) is 9.19. The number of hydrogen-bond donors (Lipinski definition) is 1. The number of rotatable bonds is 3. The van der Waals surface area contributed by atoms with Crippen molar-refractivity contribution in [2.45, 2.75) is 26.7 Å². The monoisotopic (exact) mass is 358 g/mol. The Morgan fingerprint density at radius 2 is 1.81 bits per heavy atom. The van der Waals surface area contributed by atoms with Gasteiger partial charge >= 0.3 is 0 Å². The highest BCUT2D eigenvalue weighted by Gasteiger charge is 2.21. The lowest BCUT2D eigenvalue weighted by molar-refractivity contribution is 0.102. The van der Waals surface area contributed by atoms with E-state index < -0.39 is 0 Å². The number of para-hydroxylation sites is 1. The zero-order valence-electron chi connectivity index (χ0n) is 15.6. The molecule has 5 heteroatoms. The lowest BCUT2D eigenvalue weighted by atomic mass is 10.0. The van der Waals surface area contributed by atoms with Crippen molar-refractivity contribution in [1.82, 2.24) is 9.97 Å². The normalized spacial score (nSPS) is 13.2. The predicted molar refractivity (Wildman–Crippen MR) is 108 cm³/mol. The number of fused-ring (bicyclic) bond motifs is 1. The average molecular weight is 358 g/mol. The molecule has 0 saturated carbocycles. The number of hydrogen-bond acceptors (Lipinski definition) is 4. The number of benzene rings is 2. The molecular weight excluding hydrogens is 336 g/mol. The number of aryl methyl sites for hydroxylation is 3. The Morgan fingerprint density at radius 3 is 2.63 bits per heavy atom. The fourth-order valence-corrected chi connectivity index (χ4v) is 3.36. The van der Waals surface area contributed by atoms with E-state index in [0.29, 0.717) is 11.6 Å². The summed E-state index contributed by atoms with van der Waals surface area (Å²) in [5.74, 6) is 0.354. The van der Waals surface area contributed by atoms with Gasteiger partial charge in [-0.05, 0) is 56.5 Å². The number of aromatic nitrogens is 2. The van der Waals surface area contributed by atoms with Gasteiger partial charge in [-0.1, -0.05) is 35.9 Å². The van der Waals surface area contributed by atoms with E-state index >= 15 is 0 Å². The van der Waals surface area contributed by atoms with E-state index in [1.807, 2.05) is 44.2 Å². The maximum Gasteiger partial charge on any atom is 0.274 e. The molecule has 0 saturated heterocycles. The van der Waals surface area contributed by atoms with Crippen LogP contribution in [0.2, 0.25) is 0 Å². The van der Waals surface area contributed by atoms with E-state index in [1.54, 1.807) is 6.07 Å². The summed E-state index contributed by atoms with van der Waals surface area (Å²) in [4.78, 5) is 24.0. The van der Waals surface area contributed by atoms with Crippen LogP contribution in [0.15, 0.2) is 54.6 Å². The van der Waals surface area contributed by atoms with Gasteiger partial charge in [0.05, 0.1) is 0 Å². The molecule has 136 valence electrons. The number of nitrogens with one attached hydrogen (secondary N) is 1. The van der Waals surface area contributed by atoms with Crippen molar-refractivity contribution in [2.75, 3.05) is 16.8 Å². The first-order chi connectivity index (χ1) is 13.1. The molecule has 27 heavy (non-hydrogen) atoms. The number of anilines is 3. The average Bonchev–Trinajstić information content (AvgIpc) is 2.69. The topological polar surface area (TPSA) is 58.1 Å². The lowest BCUT2D eigenvalue weighted by Gasteiger charge is -2.29. The highest BCUT2D eigenvalue weighted by atomic mass is 16.1. The second-order valence-electron chi connectivity index (χ2n) is 6.90. The van der Waals surface area contributed by atoms with Crippen molar-refractivity contribution in [3.63, 3.8) is 0 Å². The number of nitrogens with zero attached hydrogens (tertiary/aromatic N) is 3. The van der Waals surface area contributed by atoms with Crippen molar-refractivity contribution in [1.29, 1.82) is 0 Å². The minimum atomic E-state index is -0.226. The molecule has 3 aromatic rings. The maximum atomic E-state index is 12.7. The minimum absolute atomic E-state index is 0.226. The van der Waals surface area contributed by atoms with Gasteiger partial charge in [-0.2, -0.15) is 0 Å². The zero-order chi connectivity index (χ0) is 18.8. The molecule has 0 spiro atoms. The van der Waals surface area contributed by atoms with Crippen LogP contribution in [0.4, 0.5) is 17.3 Å². The van der Waals surface area contributed by atoms with Crippen molar-refractivity contribution in [3.8, 4) is 0 Å². The number of carbonyl (C=O) groups excluding carboxylic acids is 1. The van der Waals surface area contributed by atoms with Crippen LogP contribution >= 0.6 is 0 Å². The molecule has 1 aromatic heterocycles. The Hall–Kier alpha value is -3.21. The van der Waals surface area contributed by atoms with E-state index in [1.165, 1.54) is 5.56 Å². The van der Waals surface area contributed by atoms with Gasteiger partial charge in [0.1, 0.15) is 5.69 Å². The Balaban J connectivity index is 1.64. The van der Waals surface area contributed by atoms with Crippen LogP contribution in [0.1, 0.15) is 33.7 Å². The highest BCUT2D eigenvalue weighted by molar-refractivity contribution is 6.03. The summed E-state index contributed by atoms with van der Waals surface area (Å²) in [6, 6.07) is 17.8. The van der Waals surface area contributed by atoms with E-state index in [2.05, 4.69) is 38.4 Å². The Kier molecular flexibility index (Phi) is 4.59. The van der Waals surface area contributed by atoms with Gasteiger partial charge in [0, 0.05) is 23.6 Å². The van der Waals surface area contributed by atoms with Crippen molar-refractivity contribution >= 4 is 23.2 Å². The van der Waals surface area contributed by atoms with Crippen LogP contribution in [0, 0.1) is 13.8 Å². The molecule has 0 fully saturated rings. The van der Waals surface area contributed by atoms with Gasteiger partial charge < -0.3 is 10.2 Å². The molecule has 1 aliphatic heterocycles. The van der Waals surface area contributed by atoms with Gasteiger partial charge in [0.15, 0.2) is 0 Å². The fourth-order valence-electron chi connectivity index (χ4n) is 3.36. The van der Waals surface area contributed by atoms with Crippen molar-refractivity contribution in [3.05, 3.63) is 77.1 Å². The second kappa shape index (κ2) is 7.19. The van der Waals surface area contributed by atoms with Gasteiger partial charge in [-0.25, -0.2) is 9.97 Å². The Labute approximate surface area is 159 Å². The molecule has 0 atom stereocenters. The summed E-state index contributed by atoms with van der Waals surface area (Å²) in [6.45, 7) is 4.76. The molecule has 2 aromatic carbocycles. The predicted octanol–water partition coefficient (Wildman–Crippen LogP) is 4.43. The van der Waals surface area contributed by atoms with E-state index in [9.17, 15) is 4.79 Å². The quantitative estimate of drug-likeness (QED) is 0.752. The Morgan fingerprint density at radius 1 is 1.04 bits per heavy atom. The van der Waals surface area contributed by atoms with Crippen LogP contribution in [0.25, 0.3) is 0 Å². The van der Waals surface area contributed by atoms with Gasteiger partial charge in [0.2, 0.25) is 5.95 Å². The molecule has 4 rings (SSSR count). The summed E-state index contributed by atoms with van der Waals surface area (Å²) in [5.41, 5.74) is 5.47. The largest absolute Gasteiger partial charge is 0.321 e. The van der Waals surface area contributed by atoms with Gasteiger partial charge in [-0.15, -0.1) is 0 Å². The van der Waals surface area contributed by atoms with Crippen LogP contribution in [-0.4, -0.2) is 22.4 Å². The van der Waals surface area contributed by atoms with Crippen LogP contribution in [0.3, 0.4) is 0 Å². The molecule has 1 amide bonds. The molecule has 5 nitrogen and oxygen atoms in total. The first-order valence-electron chi connectivity index (χ1n) is 9.19. The third kappa shape index (κ3) is 3.67. The minimum Gasteiger partial charge on any atom is -0.321 e. The zero-order valence-corrected chi connectivity index (χ0v) is 15.6. The SMILES string of the molecule is Cc1ccc(NC(=O)c2cc(C)nc(N3CCCc4ccccc43)n2)cc1. The number of carbonyl (C=O) groups is 1. The standard InChI is InChI=1S/C22H22N4O/c1-15-9-11-18(12-10-15)24-21(27)19-14-16(2)23-22(25-19)26-13-5-7-17-6-3-4-8-20(17)26/h3-4,6,8-12,14H,5,7,13H2,1-2H3,(H,24,27). The summed E-state index contributed by atoms with van der Waals surface area (Å²) in [5, 5.41) is 2.91.